The summed E-state index contributed by atoms with van der Waals surface area (Å²) in [6.45, 7) is 2.15. The molecular formula is C15H21BrN2O. The Morgan fingerprint density at radius 1 is 1.42 bits per heavy atom. The third-order valence-electron chi connectivity index (χ3n) is 3.92. The molecule has 0 aliphatic heterocycles. The number of rotatable bonds is 4. The van der Waals surface area contributed by atoms with E-state index in [1.54, 1.807) is 6.07 Å². The van der Waals surface area contributed by atoms with Crippen LogP contribution in [0.15, 0.2) is 22.8 Å². The topological polar surface area (TPSA) is 42.0 Å². The van der Waals surface area contributed by atoms with Gasteiger partial charge < -0.3 is 5.32 Å². The van der Waals surface area contributed by atoms with Gasteiger partial charge in [0.15, 0.2) is 0 Å². The Balaban J connectivity index is 1.99. The second-order valence-electron chi connectivity index (χ2n) is 5.23. The standard InChI is InChI=1S/C15H21BrN2O/c1-2-12(11-7-4-3-5-8-11)18-15(19)13-9-6-10-14(16)17-13/h6,9-12H,2-5,7-8H2,1H3,(H,18,19). The number of aromatic nitrogens is 1. The average Bonchev–Trinajstić information content (AvgIpc) is 2.45. The zero-order valence-corrected chi connectivity index (χ0v) is 12.9. The quantitative estimate of drug-likeness (QED) is 0.852. The smallest absolute Gasteiger partial charge is 0.270 e. The maximum absolute atomic E-state index is 12.2. The highest BCUT2D eigenvalue weighted by atomic mass is 79.9. The fraction of sp³-hybridized carbons (Fsp3) is 0.600. The lowest BCUT2D eigenvalue weighted by Crippen LogP contribution is -2.41. The van der Waals surface area contributed by atoms with Crippen LogP contribution in [0.2, 0.25) is 0 Å². The molecule has 104 valence electrons. The van der Waals surface area contributed by atoms with Gasteiger partial charge in [-0.05, 0) is 53.2 Å². The molecule has 1 N–H and O–H groups in total. The zero-order chi connectivity index (χ0) is 13.7. The average molecular weight is 325 g/mol. The van der Waals surface area contributed by atoms with Crippen LogP contribution in [0.5, 0.6) is 0 Å². The second-order valence-corrected chi connectivity index (χ2v) is 6.04. The minimum Gasteiger partial charge on any atom is -0.348 e. The molecule has 2 rings (SSSR count). The van der Waals surface area contributed by atoms with Gasteiger partial charge in [-0.2, -0.15) is 0 Å². The number of hydrogen-bond donors (Lipinski definition) is 1. The molecule has 4 heteroatoms. The number of nitrogens with zero attached hydrogens (tertiary/aromatic N) is 1. The Morgan fingerprint density at radius 3 is 2.79 bits per heavy atom. The molecule has 1 heterocycles. The maximum atomic E-state index is 12.2. The molecule has 0 radical (unpaired) electrons. The predicted octanol–water partition coefficient (Wildman–Crippen LogP) is 3.93. The van der Waals surface area contributed by atoms with Gasteiger partial charge in [0.2, 0.25) is 0 Å². The van der Waals surface area contributed by atoms with Crippen molar-refractivity contribution in [1.29, 1.82) is 0 Å². The molecule has 1 fully saturated rings. The highest BCUT2D eigenvalue weighted by molar-refractivity contribution is 9.10. The van der Waals surface area contributed by atoms with Gasteiger partial charge in [-0.15, -0.1) is 0 Å². The molecule has 1 amide bonds. The van der Waals surface area contributed by atoms with E-state index in [0.717, 1.165) is 6.42 Å². The maximum Gasteiger partial charge on any atom is 0.270 e. The first-order valence-corrected chi connectivity index (χ1v) is 7.93. The molecule has 1 aromatic rings. The summed E-state index contributed by atoms with van der Waals surface area (Å²) in [5, 5.41) is 3.16. The van der Waals surface area contributed by atoms with Crippen molar-refractivity contribution in [2.45, 2.75) is 51.5 Å². The van der Waals surface area contributed by atoms with Crippen LogP contribution in [0, 0.1) is 5.92 Å². The number of pyridine rings is 1. The van der Waals surface area contributed by atoms with E-state index in [4.69, 9.17) is 0 Å². The first-order chi connectivity index (χ1) is 9.20. The molecule has 1 atom stereocenters. The van der Waals surface area contributed by atoms with E-state index in [0.29, 0.717) is 16.2 Å². The lowest BCUT2D eigenvalue weighted by Gasteiger charge is -2.30. The van der Waals surface area contributed by atoms with E-state index in [1.807, 2.05) is 12.1 Å². The Labute approximate surface area is 123 Å². The molecule has 0 bridgehead atoms. The first-order valence-electron chi connectivity index (χ1n) is 7.14. The third-order valence-corrected chi connectivity index (χ3v) is 4.36. The number of nitrogens with one attached hydrogen (secondary N) is 1. The van der Waals surface area contributed by atoms with Gasteiger partial charge in [-0.1, -0.05) is 32.3 Å². The molecule has 0 spiro atoms. The highest BCUT2D eigenvalue weighted by Gasteiger charge is 2.24. The van der Waals surface area contributed by atoms with Gasteiger partial charge in [-0.3, -0.25) is 4.79 Å². The molecule has 1 aliphatic carbocycles. The van der Waals surface area contributed by atoms with Crippen molar-refractivity contribution in [1.82, 2.24) is 10.3 Å². The lowest BCUT2D eigenvalue weighted by atomic mass is 9.83. The molecule has 19 heavy (non-hydrogen) atoms. The largest absolute Gasteiger partial charge is 0.348 e. The molecule has 3 nitrogen and oxygen atoms in total. The molecule has 0 aromatic carbocycles. The van der Waals surface area contributed by atoms with Gasteiger partial charge in [-0.25, -0.2) is 4.98 Å². The van der Waals surface area contributed by atoms with Crippen LogP contribution >= 0.6 is 15.9 Å². The van der Waals surface area contributed by atoms with Crippen molar-refractivity contribution in [3.63, 3.8) is 0 Å². The Kier molecular flexibility index (Phi) is 5.37. The van der Waals surface area contributed by atoms with Crippen LogP contribution < -0.4 is 5.32 Å². The molecular weight excluding hydrogens is 304 g/mol. The normalized spacial score (nSPS) is 18.0. The molecule has 0 saturated heterocycles. The third kappa shape index (κ3) is 4.03. The number of amides is 1. The summed E-state index contributed by atoms with van der Waals surface area (Å²) in [5.41, 5.74) is 0.489. The van der Waals surface area contributed by atoms with Gasteiger partial charge >= 0.3 is 0 Å². The first kappa shape index (κ1) is 14.5. The predicted molar refractivity (Wildman–Crippen MR) is 80.1 cm³/mol. The summed E-state index contributed by atoms with van der Waals surface area (Å²) in [4.78, 5) is 16.4. The Hall–Kier alpha value is -0.900. The van der Waals surface area contributed by atoms with Crippen molar-refractivity contribution >= 4 is 21.8 Å². The fourth-order valence-electron chi connectivity index (χ4n) is 2.87. The monoisotopic (exact) mass is 324 g/mol. The number of halogens is 1. The van der Waals surface area contributed by atoms with Crippen molar-refractivity contribution < 1.29 is 4.79 Å². The minimum absolute atomic E-state index is 0.0567. The summed E-state index contributed by atoms with van der Waals surface area (Å²) in [6.07, 6.45) is 7.41. The summed E-state index contributed by atoms with van der Waals surface area (Å²) in [5.74, 6) is 0.577. The molecule has 1 saturated carbocycles. The highest BCUT2D eigenvalue weighted by Crippen LogP contribution is 2.27. The van der Waals surface area contributed by atoms with E-state index >= 15 is 0 Å². The fourth-order valence-corrected chi connectivity index (χ4v) is 3.21. The van der Waals surface area contributed by atoms with E-state index in [-0.39, 0.29) is 11.9 Å². The molecule has 1 aromatic heterocycles. The van der Waals surface area contributed by atoms with Crippen molar-refractivity contribution in [2.75, 3.05) is 0 Å². The summed E-state index contributed by atoms with van der Waals surface area (Å²) < 4.78 is 0.700. The van der Waals surface area contributed by atoms with E-state index in [2.05, 4.69) is 33.2 Å². The number of carbonyl (C=O) groups excluding carboxylic acids is 1. The van der Waals surface area contributed by atoms with Crippen LogP contribution in [0.4, 0.5) is 0 Å². The van der Waals surface area contributed by atoms with E-state index < -0.39 is 0 Å². The summed E-state index contributed by atoms with van der Waals surface area (Å²) in [6, 6.07) is 5.71. The van der Waals surface area contributed by atoms with Crippen LogP contribution in [0.25, 0.3) is 0 Å². The zero-order valence-electron chi connectivity index (χ0n) is 11.4. The Bertz CT molecular complexity index is 430. The lowest BCUT2D eigenvalue weighted by molar-refractivity contribution is 0.0906. The van der Waals surface area contributed by atoms with Crippen molar-refractivity contribution in [3.05, 3.63) is 28.5 Å². The van der Waals surface area contributed by atoms with Crippen LogP contribution in [-0.4, -0.2) is 16.9 Å². The van der Waals surface area contributed by atoms with Crippen LogP contribution in [0.1, 0.15) is 55.9 Å². The van der Waals surface area contributed by atoms with Crippen LogP contribution in [-0.2, 0) is 0 Å². The molecule has 1 unspecified atom stereocenters. The minimum atomic E-state index is -0.0567. The van der Waals surface area contributed by atoms with Crippen LogP contribution in [0.3, 0.4) is 0 Å². The van der Waals surface area contributed by atoms with Gasteiger partial charge in [0.1, 0.15) is 10.3 Å². The second kappa shape index (κ2) is 7.04. The van der Waals surface area contributed by atoms with E-state index in [9.17, 15) is 4.79 Å². The van der Waals surface area contributed by atoms with Crippen molar-refractivity contribution in [3.8, 4) is 0 Å². The SMILES string of the molecule is CCC(NC(=O)c1cccc(Br)n1)C1CCCCC1. The number of hydrogen-bond acceptors (Lipinski definition) is 2. The number of carbonyl (C=O) groups is 1. The summed E-state index contributed by atoms with van der Waals surface area (Å²) in [7, 11) is 0. The summed E-state index contributed by atoms with van der Waals surface area (Å²) >= 11 is 3.30. The Morgan fingerprint density at radius 2 is 2.16 bits per heavy atom. The van der Waals surface area contributed by atoms with E-state index in [1.165, 1.54) is 32.1 Å². The van der Waals surface area contributed by atoms with Gasteiger partial charge in [0.05, 0.1) is 0 Å². The van der Waals surface area contributed by atoms with Gasteiger partial charge in [0, 0.05) is 6.04 Å². The van der Waals surface area contributed by atoms with Gasteiger partial charge in [0.25, 0.3) is 5.91 Å². The van der Waals surface area contributed by atoms with Crippen molar-refractivity contribution in [2.24, 2.45) is 5.92 Å². The molecule has 1 aliphatic rings.